The zero-order valence-corrected chi connectivity index (χ0v) is 11.4. The molecule has 1 aliphatic heterocycles. The molecule has 0 aromatic heterocycles. The molecule has 1 heterocycles. The summed E-state index contributed by atoms with van der Waals surface area (Å²) < 4.78 is 14.3. The highest BCUT2D eigenvalue weighted by Crippen LogP contribution is 2.50. The van der Waals surface area contributed by atoms with Crippen LogP contribution in [-0.2, 0) is 11.0 Å². The molecular formula is C12H23NOS. The predicted molar refractivity (Wildman–Crippen MR) is 67.0 cm³/mol. The van der Waals surface area contributed by atoms with E-state index in [0.29, 0.717) is 6.04 Å². The van der Waals surface area contributed by atoms with E-state index < -0.39 is 11.0 Å². The Morgan fingerprint density at radius 3 is 2.07 bits per heavy atom. The van der Waals surface area contributed by atoms with Crippen LogP contribution in [0.5, 0.6) is 0 Å². The highest BCUT2D eigenvalue weighted by molar-refractivity contribution is 7.84. The Balaban J connectivity index is 2.90. The summed E-state index contributed by atoms with van der Waals surface area (Å²) >= 11 is 0. The molecule has 1 aliphatic rings. The van der Waals surface area contributed by atoms with Crippen molar-refractivity contribution in [1.29, 1.82) is 0 Å². The van der Waals surface area contributed by atoms with Crippen molar-refractivity contribution in [2.75, 3.05) is 0 Å². The van der Waals surface area contributed by atoms with Gasteiger partial charge in [-0.15, -0.1) is 6.58 Å². The van der Waals surface area contributed by atoms with Gasteiger partial charge in [0.05, 0.1) is 16.3 Å². The molecule has 0 saturated carbocycles. The van der Waals surface area contributed by atoms with E-state index in [4.69, 9.17) is 0 Å². The van der Waals surface area contributed by atoms with Crippen molar-refractivity contribution in [3.63, 3.8) is 0 Å². The van der Waals surface area contributed by atoms with Gasteiger partial charge in [-0.1, -0.05) is 19.9 Å². The molecule has 0 amide bonds. The van der Waals surface area contributed by atoms with Gasteiger partial charge in [0.2, 0.25) is 0 Å². The van der Waals surface area contributed by atoms with Crippen molar-refractivity contribution in [3.8, 4) is 0 Å². The fraction of sp³-hybridized carbons (Fsp3) is 0.833. The Kier molecular flexibility index (Phi) is 3.46. The van der Waals surface area contributed by atoms with Gasteiger partial charge in [0.15, 0.2) is 0 Å². The maximum atomic E-state index is 12.3. The lowest BCUT2D eigenvalue weighted by molar-refractivity contribution is 0.489. The zero-order valence-electron chi connectivity index (χ0n) is 10.5. The fourth-order valence-corrected chi connectivity index (χ4v) is 3.95. The van der Waals surface area contributed by atoms with Crippen molar-refractivity contribution < 1.29 is 4.21 Å². The third-order valence-corrected chi connectivity index (χ3v) is 5.32. The van der Waals surface area contributed by atoms with Crippen molar-refractivity contribution in [2.24, 2.45) is 0 Å². The van der Waals surface area contributed by atoms with Gasteiger partial charge in [0.1, 0.15) is 11.0 Å². The lowest BCUT2D eigenvalue weighted by Crippen LogP contribution is -2.31. The molecule has 88 valence electrons. The minimum atomic E-state index is -0.915. The second-order valence-electron chi connectivity index (χ2n) is 5.18. The molecule has 2 unspecified atom stereocenters. The lowest BCUT2D eigenvalue weighted by atomic mass is 9.99. The lowest BCUT2D eigenvalue weighted by Gasteiger charge is -2.21. The zero-order chi connectivity index (χ0) is 11.9. The summed E-state index contributed by atoms with van der Waals surface area (Å²) in [6.07, 6.45) is 4.03. The van der Waals surface area contributed by atoms with E-state index >= 15 is 0 Å². The van der Waals surface area contributed by atoms with Gasteiger partial charge < -0.3 is 0 Å². The smallest absolute Gasteiger partial charge is 0.101 e. The largest absolute Gasteiger partial charge is 0.242 e. The van der Waals surface area contributed by atoms with Gasteiger partial charge >= 0.3 is 0 Å². The van der Waals surface area contributed by atoms with E-state index in [1.807, 2.05) is 26.8 Å². The second-order valence-corrected chi connectivity index (χ2v) is 7.29. The minimum Gasteiger partial charge on any atom is -0.242 e. The van der Waals surface area contributed by atoms with Crippen LogP contribution in [0.2, 0.25) is 0 Å². The van der Waals surface area contributed by atoms with E-state index in [-0.39, 0.29) is 10.3 Å². The molecule has 3 heteroatoms. The topological polar surface area (TPSA) is 20.1 Å². The number of hydrogen-bond acceptors (Lipinski definition) is 1. The molecule has 0 aromatic rings. The normalized spacial score (nSPS) is 31.0. The first-order valence-corrected chi connectivity index (χ1v) is 6.79. The average Bonchev–Trinajstić information content (AvgIpc) is 2.83. The highest BCUT2D eigenvalue weighted by Gasteiger charge is 2.62. The number of rotatable bonds is 4. The molecule has 1 rings (SSSR count). The molecule has 1 saturated heterocycles. The van der Waals surface area contributed by atoms with E-state index in [1.165, 1.54) is 0 Å². The van der Waals surface area contributed by atoms with Crippen molar-refractivity contribution in [1.82, 2.24) is 4.31 Å². The maximum absolute atomic E-state index is 12.3. The van der Waals surface area contributed by atoms with Gasteiger partial charge in [0, 0.05) is 0 Å². The molecule has 0 aliphatic carbocycles. The third-order valence-electron chi connectivity index (χ3n) is 3.32. The number of hydrogen-bond donors (Lipinski definition) is 0. The maximum Gasteiger partial charge on any atom is 0.101 e. The van der Waals surface area contributed by atoms with Gasteiger partial charge in [-0.2, -0.15) is 0 Å². The first-order valence-electron chi connectivity index (χ1n) is 5.69. The summed E-state index contributed by atoms with van der Waals surface area (Å²) in [7, 11) is -0.915. The Hall–Kier alpha value is -0.150. The monoisotopic (exact) mass is 229 g/mol. The van der Waals surface area contributed by atoms with Crippen molar-refractivity contribution in [3.05, 3.63) is 12.7 Å². The molecule has 3 atom stereocenters. The molecule has 0 bridgehead atoms. The van der Waals surface area contributed by atoms with E-state index in [2.05, 4.69) is 24.7 Å². The Bertz CT molecular complexity index is 276. The average molecular weight is 229 g/mol. The highest BCUT2D eigenvalue weighted by atomic mass is 32.2. The number of nitrogens with zero attached hydrogens (tertiary/aromatic N) is 1. The minimum absolute atomic E-state index is 0.111. The van der Waals surface area contributed by atoms with Crippen LogP contribution in [0.25, 0.3) is 0 Å². The Morgan fingerprint density at radius 2 is 1.87 bits per heavy atom. The van der Waals surface area contributed by atoms with E-state index in [9.17, 15) is 4.21 Å². The van der Waals surface area contributed by atoms with Crippen LogP contribution in [0.1, 0.15) is 47.5 Å². The van der Waals surface area contributed by atoms with Crippen LogP contribution in [0, 0.1) is 0 Å². The van der Waals surface area contributed by atoms with Crippen molar-refractivity contribution >= 4 is 11.0 Å². The second kappa shape index (κ2) is 4.02. The fourth-order valence-electron chi connectivity index (χ4n) is 2.23. The van der Waals surface area contributed by atoms with Crippen LogP contribution in [-0.4, -0.2) is 24.8 Å². The molecule has 1 fully saturated rings. The van der Waals surface area contributed by atoms with Crippen LogP contribution < -0.4 is 0 Å². The molecule has 0 aromatic carbocycles. The molecule has 0 radical (unpaired) electrons. The molecule has 2 nitrogen and oxygen atoms in total. The van der Waals surface area contributed by atoms with Gasteiger partial charge in [0.25, 0.3) is 0 Å². The van der Waals surface area contributed by atoms with Gasteiger partial charge in [-0.3, -0.25) is 0 Å². The summed E-state index contributed by atoms with van der Waals surface area (Å²) in [6.45, 7) is 14.3. The van der Waals surface area contributed by atoms with Crippen molar-refractivity contribution in [2.45, 2.75) is 63.8 Å². The van der Waals surface area contributed by atoms with Crippen LogP contribution in [0.4, 0.5) is 0 Å². The van der Waals surface area contributed by atoms with Gasteiger partial charge in [-0.05, 0) is 33.6 Å². The quantitative estimate of drug-likeness (QED) is 0.536. The van der Waals surface area contributed by atoms with Crippen LogP contribution >= 0.6 is 0 Å². The van der Waals surface area contributed by atoms with E-state index in [1.54, 1.807) is 0 Å². The van der Waals surface area contributed by atoms with Crippen LogP contribution in [0.15, 0.2) is 12.7 Å². The predicted octanol–water partition coefficient (Wildman–Crippen LogP) is 2.88. The summed E-state index contributed by atoms with van der Waals surface area (Å²) in [5.74, 6) is 0. The van der Waals surface area contributed by atoms with E-state index in [0.717, 1.165) is 12.8 Å². The summed E-state index contributed by atoms with van der Waals surface area (Å²) in [6, 6.07) is 0.299. The molecule has 0 N–H and O–H groups in total. The summed E-state index contributed by atoms with van der Waals surface area (Å²) in [4.78, 5) is 0. The SMILES string of the molecule is C=C[C@H]1N(S(=O)C(C)(C)C)C1(CC)CC. The first-order chi connectivity index (χ1) is 6.85. The third kappa shape index (κ3) is 1.92. The molecule has 15 heavy (non-hydrogen) atoms. The molecular weight excluding hydrogens is 206 g/mol. The Morgan fingerprint density at radius 1 is 1.40 bits per heavy atom. The summed E-state index contributed by atoms with van der Waals surface area (Å²) in [5.41, 5.74) is 0.111. The Labute approximate surface area is 96.3 Å². The molecule has 0 spiro atoms. The standard InChI is InChI=1S/C12H23NOS/c1-7-10-12(8-2,9-3)13(10)15(14)11(4,5)6/h7,10H,1,8-9H2,2-6H3/t10-,13?,15?/m1/s1. The van der Waals surface area contributed by atoms with Crippen LogP contribution in [0.3, 0.4) is 0 Å². The first kappa shape index (κ1) is 12.9. The summed E-state index contributed by atoms with van der Waals surface area (Å²) in [5, 5.41) is 0. The van der Waals surface area contributed by atoms with Gasteiger partial charge in [-0.25, -0.2) is 8.51 Å².